The Labute approximate surface area is 96.4 Å². The molecule has 80 valence electrons. The molecule has 1 heterocycles. The molecule has 4 N–H and O–H groups in total. The molecule has 5 heteroatoms. The van der Waals surface area contributed by atoms with Gasteiger partial charge in [-0.05, 0) is 24.1 Å². The van der Waals surface area contributed by atoms with Crippen molar-refractivity contribution in [3.63, 3.8) is 0 Å². The molecule has 0 atom stereocenters. The lowest BCUT2D eigenvalue weighted by molar-refractivity contribution is -0.117. The van der Waals surface area contributed by atoms with Gasteiger partial charge in [0.25, 0.3) is 0 Å². The molecule has 1 aromatic carbocycles. The average molecular weight is 270 g/mol. The number of carbonyl (C=O) groups excluding carboxylic acids is 1. The van der Waals surface area contributed by atoms with Gasteiger partial charge in [0.1, 0.15) is 0 Å². The molecule has 0 radical (unpaired) electrons. The highest BCUT2D eigenvalue weighted by molar-refractivity contribution is 9.10. The van der Waals surface area contributed by atoms with E-state index >= 15 is 0 Å². The minimum atomic E-state index is -0.0808. The summed E-state index contributed by atoms with van der Waals surface area (Å²) in [6, 6.07) is 3.80. The first-order valence-corrected chi connectivity index (χ1v) is 5.51. The standard InChI is InChI=1S/C10H12BrN3O/c11-7-3-6-1-2-14(9(15)5-12)10(6)8(13)4-7/h3-4H,1-2,5,12-13H2. The van der Waals surface area contributed by atoms with E-state index in [1.54, 1.807) is 11.0 Å². The Hall–Kier alpha value is -1.07. The molecule has 0 spiro atoms. The van der Waals surface area contributed by atoms with Crippen LogP contribution in [0.15, 0.2) is 16.6 Å². The highest BCUT2D eigenvalue weighted by atomic mass is 79.9. The van der Waals surface area contributed by atoms with E-state index in [1.807, 2.05) is 6.07 Å². The van der Waals surface area contributed by atoms with E-state index in [9.17, 15) is 4.79 Å². The molecule has 0 saturated carbocycles. The predicted octanol–water partition coefficient (Wildman–Crippen LogP) is 0.879. The van der Waals surface area contributed by atoms with Crippen molar-refractivity contribution in [2.45, 2.75) is 6.42 Å². The fourth-order valence-electron chi connectivity index (χ4n) is 1.90. The molecular weight excluding hydrogens is 258 g/mol. The van der Waals surface area contributed by atoms with Crippen molar-refractivity contribution in [3.8, 4) is 0 Å². The van der Waals surface area contributed by atoms with Gasteiger partial charge < -0.3 is 16.4 Å². The van der Waals surface area contributed by atoms with Crippen LogP contribution in [0.5, 0.6) is 0 Å². The van der Waals surface area contributed by atoms with Crippen LogP contribution in [0.1, 0.15) is 5.56 Å². The highest BCUT2D eigenvalue weighted by Gasteiger charge is 2.26. The second kappa shape index (κ2) is 3.83. The molecule has 1 amide bonds. The minimum Gasteiger partial charge on any atom is -0.397 e. The van der Waals surface area contributed by atoms with Gasteiger partial charge in [-0.25, -0.2) is 0 Å². The molecule has 0 unspecified atom stereocenters. The Morgan fingerprint density at radius 1 is 1.53 bits per heavy atom. The summed E-state index contributed by atoms with van der Waals surface area (Å²) in [5, 5.41) is 0. The van der Waals surface area contributed by atoms with Gasteiger partial charge in [0, 0.05) is 11.0 Å². The van der Waals surface area contributed by atoms with Crippen LogP contribution in [0.4, 0.5) is 11.4 Å². The van der Waals surface area contributed by atoms with Crippen molar-refractivity contribution in [1.82, 2.24) is 0 Å². The SMILES string of the molecule is NCC(=O)N1CCc2cc(Br)cc(N)c21. The van der Waals surface area contributed by atoms with Crippen LogP contribution < -0.4 is 16.4 Å². The lowest BCUT2D eigenvalue weighted by Crippen LogP contribution is -2.34. The maximum absolute atomic E-state index is 11.5. The Kier molecular flexibility index (Phi) is 2.67. The Bertz CT molecular complexity index is 419. The van der Waals surface area contributed by atoms with Crippen molar-refractivity contribution in [2.24, 2.45) is 5.73 Å². The van der Waals surface area contributed by atoms with Crippen molar-refractivity contribution in [2.75, 3.05) is 23.7 Å². The predicted molar refractivity (Wildman–Crippen MR) is 63.7 cm³/mol. The molecule has 0 aliphatic carbocycles. The quantitative estimate of drug-likeness (QED) is 0.744. The van der Waals surface area contributed by atoms with E-state index in [0.717, 1.165) is 22.1 Å². The zero-order valence-corrected chi connectivity index (χ0v) is 9.75. The van der Waals surface area contributed by atoms with Gasteiger partial charge in [-0.3, -0.25) is 4.79 Å². The molecule has 0 aromatic heterocycles. The van der Waals surface area contributed by atoms with Gasteiger partial charge in [0.15, 0.2) is 0 Å². The number of anilines is 2. The summed E-state index contributed by atoms with van der Waals surface area (Å²) in [5.41, 5.74) is 13.8. The number of nitrogens with zero attached hydrogens (tertiary/aromatic N) is 1. The number of carbonyl (C=O) groups is 1. The molecule has 0 saturated heterocycles. The summed E-state index contributed by atoms with van der Waals surface area (Å²) < 4.78 is 0.945. The number of hydrogen-bond donors (Lipinski definition) is 2. The first-order chi connectivity index (χ1) is 7.13. The number of hydrogen-bond acceptors (Lipinski definition) is 3. The molecule has 15 heavy (non-hydrogen) atoms. The van der Waals surface area contributed by atoms with Gasteiger partial charge >= 0.3 is 0 Å². The van der Waals surface area contributed by atoms with Crippen molar-refractivity contribution in [3.05, 3.63) is 22.2 Å². The molecule has 1 aliphatic rings. The largest absolute Gasteiger partial charge is 0.397 e. The van der Waals surface area contributed by atoms with E-state index in [0.29, 0.717) is 12.2 Å². The number of nitrogen functional groups attached to an aromatic ring is 1. The zero-order valence-electron chi connectivity index (χ0n) is 8.16. The second-order valence-electron chi connectivity index (χ2n) is 3.50. The van der Waals surface area contributed by atoms with Crippen molar-refractivity contribution in [1.29, 1.82) is 0 Å². The molecule has 4 nitrogen and oxygen atoms in total. The molecule has 0 fully saturated rings. The van der Waals surface area contributed by atoms with Crippen LogP contribution in [0.3, 0.4) is 0 Å². The monoisotopic (exact) mass is 269 g/mol. The van der Waals surface area contributed by atoms with E-state index in [1.165, 1.54) is 0 Å². The van der Waals surface area contributed by atoms with E-state index in [2.05, 4.69) is 15.9 Å². The van der Waals surface area contributed by atoms with Crippen LogP contribution >= 0.6 is 15.9 Å². The first kappa shape index (κ1) is 10.4. The van der Waals surface area contributed by atoms with Gasteiger partial charge in [-0.2, -0.15) is 0 Å². The number of amides is 1. The highest BCUT2D eigenvalue weighted by Crippen LogP contribution is 2.36. The first-order valence-electron chi connectivity index (χ1n) is 4.72. The maximum Gasteiger partial charge on any atom is 0.240 e. The van der Waals surface area contributed by atoms with Crippen molar-refractivity contribution >= 4 is 33.2 Å². The summed E-state index contributed by atoms with van der Waals surface area (Å²) in [7, 11) is 0. The van der Waals surface area contributed by atoms with Crippen molar-refractivity contribution < 1.29 is 4.79 Å². The summed E-state index contributed by atoms with van der Waals surface area (Å²) in [6.07, 6.45) is 0.838. The third-order valence-electron chi connectivity index (χ3n) is 2.53. The topological polar surface area (TPSA) is 72.4 Å². The fraction of sp³-hybridized carbons (Fsp3) is 0.300. The molecule has 2 rings (SSSR count). The van der Waals surface area contributed by atoms with Gasteiger partial charge in [0.2, 0.25) is 5.91 Å². The van der Waals surface area contributed by atoms with Gasteiger partial charge in [-0.1, -0.05) is 15.9 Å². The van der Waals surface area contributed by atoms with Gasteiger partial charge in [-0.15, -0.1) is 0 Å². The fourth-order valence-corrected chi connectivity index (χ4v) is 2.43. The van der Waals surface area contributed by atoms with Crippen LogP contribution in [-0.4, -0.2) is 19.0 Å². The minimum absolute atomic E-state index is 0.0228. The molecule has 1 aromatic rings. The average Bonchev–Trinajstić information content (AvgIpc) is 2.60. The smallest absolute Gasteiger partial charge is 0.240 e. The Morgan fingerprint density at radius 2 is 2.27 bits per heavy atom. The Morgan fingerprint density at radius 3 is 2.93 bits per heavy atom. The van der Waals surface area contributed by atoms with Crippen LogP contribution in [0.25, 0.3) is 0 Å². The third kappa shape index (κ3) is 1.72. The molecule has 1 aliphatic heterocycles. The van der Waals surface area contributed by atoms with E-state index in [-0.39, 0.29) is 12.5 Å². The van der Waals surface area contributed by atoms with Crippen LogP contribution in [-0.2, 0) is 11.2 Å². The van der Waals surface area contributed by atoms with Crippen LogP contribution in [0, 0.1) is 0 Å². The summed E-state index contributed by atoms with van der Waals surface area (Å²) in [5.74, 6) is -0.0808. The van der Waals surface area contributed by atoms with E-state index < -0.39 is 0 Å². The Balaban J connectivity index is 2.46. The second-order valence-corrected chi connectivity index (χ2v) is 4.42. The lowest BCUT2D eigenvalue weighted by Gasteiger charge is -2.18. The molecular formula is C10H12BrN3O. The summed E-state index contributed by atoms with van der Waals surface area (Å²) in [6.45, 7) is 0.695. The number of benzene rings is 1. The number of nitrogens with two attached hydrogens (primary N) is 2. The number of rotatable bonds is 1. The zero-order chi connectivity index (χ0) is 11.0. The van der Waals surface area contributed by atoms with Crippen LogP contribution in [0.2, 0.25) is 0 Å². The lowest BCUT2D eigenvalue weighted by atomic mass is 10.1. The summed E-state index contributed by atoms with van der Waals surface area (Å²) in [4.78, 5) is 13.2. The molecule has 0 bridgehead atoms. The van der Waals surface area contributed by atoms with Gasteiger partial charge in [0.05, 0.1) is 17.9 Å². The number of halogens is 1. The van der Waals surface area contributed by atoms with E-state index in [4.69, 9.17) is 11.5 Å². The summed E-state index contributed by atoms with van der Waals surface area (Å²) >= 11 is 3.38. The number of fused-ring (bicyclic) bond motifs is 1. The normalized spacial score (nSPS) is 14.1. The maximum atomic E-state index is 11.5. The third-order valence-corrected chi connectivity index (χ3v) is 2.99.